The topological polar surface area (TPSA) is 104 Å². The molecule has 1 aliphatic heterocycles. The van der Waals surface area contributed by atoms with Gasteiger partial charge < -0.3 is 15.1 Å². The highest BCUT2D eigenvalue weighted by Crippen LogP contribution is 2.31. The molecule has 4 rings (SSSR count). The third-order valence-corrected chi connectivity index (χ3v) is 6.31. The van der Waals surface area contributed by atoms with Gasteiger partial charge in [-0.2, -0.15) is 10.1 Å². The van der Waals surface area contributed by atoms with Crippen LogP contribution >= 0.6 is 23.4 Å². The predicted molar refractivity (Wildman–Crippen MR) is 127 cm³/mol. The fourth-order valence-corrected chi connectivity index (χ4v) is 4.62. The van der Waals surface area contributed by atoms with Crippen LogP contribution < -0.4 is 0 Å². The van der Waals surface area contributed by atoms with Gasteiger partial charge in [-0.05, 0) is 54.1 Å². The molecule has 0 spiro atoms. The van der Waals surface area contributed by atoms with Crippen LogP contribution in [-0.4, -0.2) is 67.3 Å². The van der Waals surface area contributed by atoms with Crippen LogP contribution in [0.4, 0.5) is 0 Å². The van der Waals surface area contributed by atoms with Crippen molar-refractivity contribution in [3.05, 3.63) is 63.4 Å². The lowest BCUT2D eigenvalue weighted by Gasteiger charge is -2.20. The van der Waals surface area contributed by atoms with Crippen molar-refractivity contribution in [1.82, 2.24) is 19.7 Å². The third kappa shape index (κ3) is 4.86. The molecular formula is C22H22ClN5O3S. The smallest absolute Gasteiger partial charge is 0.286 e. The molecule has 0 atom stereocenters. The lowest BCUT2D eigenvalue weighted by molar-refractivity contribution is -0.113. The van der Waals surface area contributed by atoms with Crippen molar-refractivity contribution in [2.75, 3.05) is 26.3 Å². The molecule has 0 bridgehead atoms. The number of amidine groups is 1. The SMILES string of the molecule is Cc1cnc(Cn2ncc3cc(/C=C4\SC(N(CCO)CCO)=NC4=O)ccc32)c(Cl)c1. The number of aliphatic hydroxyl groups excluding tert-OH is 2. The number of aliphatic hydroxyl groups is 2. The molecule has 0 unspecified atom stereocenters. The van der Waals surface area contributed by atoms with E-state index in [0.29, 0.717) is 34.7 Å². The first-order valence-electron chi connectivity index (χ1n) is 10.0. The first-order valence-corrected chi connectivity index (χ1v) is 11.2. The summed E-state index contributed by atoms with van der Waals surface area (Å²) < 4.78 is 1.84. The van der Waals surface area contributed by atoms with Crippen molar-refractivity contribution in [2.45, 2.75) is 13.5 Å². The molecule has 10 heteroatoms. The van der Waals surface area contributed by atoms with Gasteiger partial charge in [0, 0.05) is 24.7 Å². The second kappa shape index (κ2) is 9.83. The lowest BCUT2D eigenvalue weighted by atomic mass is 10.1. The standard InChI is InChI=1S/C22H22ClN5O3S/c1-14-8-17(23)18(24-11-14)13-28-19-3-2-15(9-16(19)12-25-28)10-20-21(31)26-22(32-20)27(4-6-29)5-7-30/h2-3,8-12,29-30H,4-7,13H2,1H3/b20-10-. The second-order valence-electron chi connectivity index (χ2n) is 7.31. The Morgan fingerprint density at radius 3 is 2.69 bits per heavy atom. The minimum absolute atomic E-state index is 0.0865. The van der Waals surface area contributed by atoms with Gasteiger partial charge in [-0.25, -0.2) is 0 Å². The fraction of sp³-hybridized carbons (Fsp3) is 0.273. The Balaban J connectivity index is 1.54. The number of benzene rings is 1. The lowest BCUT2D eigenvalue weighted by Crippen LogP contribution is -2.33. The molecular weight excluding hydrogens is 450 g/mol. The van der Waals surface area contributed by atoms with E-state index in [9.17, 15) is 15.0 Å². The number of aromatic nitrogens is 3. The van der Waals surface area contributed by atoms with E-state index < -0.39 is 0 Å². The number of carbonyl (C=O) groups is 1. The highest BCUT2D eigenvalue weighted by atomic mass is 35.5. The Labute approximate surface area is 194 Å². The van der Waals surface area contributed by atoms with Crippen molar-refractivity contribution in [3.63, 3.8) is 0 Å². The summed E-state index contributed by atoms with van der Waals surface area (Å²) in [7, 11) is 0. The van der Waals surface area contributed by atoms with Crippen molar-refractivity contribution in [2.24, 2.45) is 4.99 Å². The van der Waals surface area contributed by atoms with Gasteiger partial charge in [-0.1, -0.05) is 17.7 Å². The Hall–Kier alpha value is -2.72. The van der Waals surface area contributed by atoms with Gasteiger partial charge in [0.05, 0.1) is 47.1 Å². The summed E-state index contributed by atoms with van der Waals surface area (Å²) >= 11 is 7.56. The Kier molecular flexibility index (Phi) is 6.90. The van der Waals surface area contributed by atoms with Crippen LogP contribution in [0.3, 0.4) is 0 Å². The molecule has 0 radical (unpaired) electrons. The number of aryl methyl sites for hydroxylation is 1. The normalized spacial score (nSPS) is 15.1. The van der Waals surface area contributed by atoms with Crippen molar-refractivity contribution >= 4 is 51.4 Å². The highest BCUT2D eigenvalue weighted by molar-refractivity contribution is 8.18. The van der Waals surface area contributed by atoms with E-state index in [4.69, 9.17) is 11.6 Å². The van der Waals surface area contributed by atoms with E-state index in [-0.39, 0.29) is 19.1 Å². The molecule has 3 aromatic rings. The summed E-state index contributed by atoms with van der Waals surface area (Å²) in [5, 5.41) is 24.9. The number of carbonyl (C=O) groups excluding carboxylic acids is 1. The van der Waals surface area contributed by atoms with Gasteiger partial charge in [0.25, 0.3) is 5.91 Å². The number of thioether (sulfide) groups is 1. The summed E-state index contributed by atoms with van der Waals surface area (Å²) in [6.45, 7) is 2.84. The van der Waals surface area contributed by atoms with Gasteiger partial charge in [0.2, 0.25) is 0 Å². The minimum Gasteiger partial charge on any atom is -0.395 e. The Bertz CT molecular complexity index is 1220. The number of rotatable bonds is 7. The van der Waals surface area contributed by atoms with Crippen LogP contribution in [0.2, 0.25) is 5.02 Å². The molecule has 0 aliphatic carbocycles. The molecule has 1 aliphatic rings. The van der Waals surface area contributed by atoms with Crippen LogP contribution in [0.1, 0.15) is 16.8 Å². The zero-order valence-corrected chi connectivity index (χ0v) is 19.0. The molecule has 0 saturated carbocycles. The van der Waals surface area contributed by atoms with E-state index in [1.54, 1.807) is 23.4 Å². The summed E-state index contributed by atoms with van der Waals surface area (Å²) in [6.07, 6.45) is 5.34. The summed E-state index contributed by atoms with van der Waals surface area (Å²) in [5.74, 6) is -0.332. The highest BCUT2D eigenvalue weighted by Gasteiger charge is 2.25. The van der Waals surface area contributed by atoms with Crippen molar-refractivity contribution in [1.29, 1.82) is 0 Å². The first-order chi connectivity index (χ1) is 15.5. The molecule has 2 N–H and O–H groups in total. The number of hydrogen-bond acceptors (Lipinski definition) is 7. The van der Waals surface area contributed by atoms with Gasteiger partial charge in [0.1, 0.15) is 0 Å². The minimum atomic E-state index is -0.332. The zero-order chi connectivity index (χ0) is 22.7. The van der Waals surface area contributed by atoms with Crippen LogP contribution in [0.25, 0.3) is 17.0 Å². The number of amides is 1. The van der Waals surface area contributed by atoms with E-state index in [1.165, 1.54) is 11.8 Å². The Morgan fingerprint density at radius 1 is 1.19 bits per heavy atom. The molecule has 0 saturated heterocycles. The van der Waals surface area contributed by atoms with E-state index >= 15 is 0 Å². The van der Waals surface area contributed by atoms with Gasteiger partial charge >= 0.3 is 0 Å². The number of aliphatic imine (C=N–C) groups is 1. The number of nitrogens with zero attached hydrogens (tertiary/aromatic N) is 5. The van der Waals surface area contributed by atoms with Gasteiger partial charge in [0.15, 0.2) is 5.17 Å². The molecule has 1 amide bonds. The maximum atomic E-state index is 12.4. The van der Waals surface area contributed by atoms with E-state index in [2.05, 4.69) is 15.1 Å². The maximum Gasteiger partial charge on any atom is 0.286 e. The largest absolute Gasteiger partial charge is 0.395 e. The maximum absolute atomic E-state index is 12.4. The summed E-state index contributed by atoms with van der Waals surface area (Å²) in [4.78, 5) is 23.0. The van der Waals surface area contributed by atoms with Gasteiger partial charge in [-0.15, -0.1) is 0 Å². The molecule has 3 heterocycles. The zero-order valence-electron chi connectivity index (χ0n) is 17.4. The van der Waals surface area contributed by atoms with Crippen molar-refractivity contribution < 1.29 is 15.0 Å². The molecule has 0 fully saturated rings. The number of fused-ring (bicyclic) bond motifs is 1. The average Bonchev–Trinajstić information content (AvgIpc) is 3.33. The summed E-state index contributed by atoms with van der Waals surface area (Å²) in [6, 6.07) is 7.71. The molecule has 32 heavy (non-hydrogen) atoms. The van der Waals surface area contributed by atoms with Crippen LogP contribution in [0, 0.1) is 6.92 Å². The fourth-order valence-electron chi connectivity index (χ4n) is 3.37. The number of pyridine rings is 1. The van der Waals surface area contributed by atoms with Crippen LogP contribution in [-0.2, 0) is 11.3 Å². The predicted octanol–water partition coefficient (Wildman–Crippen LogP) is 2.70. The average molecular weight is 472 g/mol. The monoisotopic (exact) mass is 471 g/mol. The molecule has 2 aromatic heterocycles. The molecule has 1 aromatic carbocycles. The first kappa shape index (κ1) is 22.5. The third-order valence-electron chi connectivity index (χ3n) is 4.94. The summed E-state index contributed by atoms with van der Waals surface area (Å²) in [5.41, 5.74) is 3.54. The number of hydrogen-bond donors (Lipinski definition) is 2. The Morgan fingerprint density at radius 2 is 1.97 bits per heavy atom. The second-order valence-corrected chi connectivity index (χ2v) is 8.72. The molecule has 166 valence electrons. The van der Waals surface area contributed by atoms with Crippen LogP contribution in [0.15, 0.2) is 46.6 Å². The van der Waals surface area contributed by atoms with Gasteiger partial charge in [-0.3, -0.25) is 14.5 Å². The quantitative estimate of drug-likeness (QED) is 0.510. The number of halogens is 1. The van der Waals surface area contributed by atoms with E-state index in [1.807, 2.05) is 35.9 Å². The molecule has 8 nitrogen and oxygen atoms in total. The van der Waals surface area contributed by atoms with Crippen LogP contribution in [0.5, 0.6) is 0 Å². The van der Waals surface area contributed by atoms with Crippen molar-refractivity contribution in [3.8, 4) is 0 Å². The van der Waals surface area contributed by atoms with E-state index in [0.717, 1.165) is 27.7 Å².